The van der Waals surface area contributed by atoms with Crippen molar-refractivity contribution in [3.05, 3.63) is 65.7 Å². The van der Waals surface area contributed by atoms with Crippen LogP contribution in [0.1, 0.15) is 43.6 Å². The first-order valence-electron chi connectivity index (χ1n) is 8.92. The lowest BCUT2D eigenvalue weighted by Crippen LogP contribution is -2.40. The predicted octanol–water partition coefficient (Wildman–Crippen LogP) is 4.27. The van der Waals surface area contributed by atoms with Gasteiger partial charge in [0.15, 0.2) is 0 Å². The minimum atomic E-state index is -0.359. The molecule has 2 N–H and O–H groups in total. The van der Waals surface area contributed by atoms with Crippen molar-refractivity contribution in [1.82, 2.24) is 5.32 Å². The molecule has 2 amide bonds. The molecule has 0 spiro atoms. The van der Waals surface area contributed by atoms with Gasteiger partial charge >= 0.3 is 0 Å². The van der Waals surface area contributed by atoms with Gasteiger partial charge in [0.1, 0.15) is 5.75 Å². The molecular weight excluding hydrogens is 340 g/mol. The minimum Gasteiger partial charge on any atom is -0.494 e. The number of anilines is 1. The summed E-state index contributed by atoms with van der Waals surface area (Å²) >= 11 is 0. The Hall–Kier alpha value is -3.08. The van der Waals surface area contributed by atoms with Gasteiger partial charge in [0.05, 0.1) is 17.9 Å². The standard InChI is InChI=1S/C22H26N2O3/c1-5-27-17-13-10-16(11-14-17)12-15-20(25)23-19-9-7-6-8-18(19)21(26)24-22(2,3)4/h6-15H,5H2,1-4H3,(H,23,25)(H,24,26)/b15-12+. The Morgan fingerprint density at radius 3 is 2.33 bits per heavy atom. The number of nitrogens with one attached hydrogen (secondary N) is 2. The predicted molar refractivity (Wildman–Crippen MR) is 109 cm³/mol. The lowest BCUT2D eigenvalue weighted by molar-refractivity contribution is -0.111. The van der Waals surface area contributed by atoms with Gasteiger partial charge in [-0.15, -0.1) is 0 Å². The first-order chi connectivity index (χ1) is 12.8. The van der Waals surface area contributed by atoms with E-state index in [-0.39, 0.29) is 17.4 Å². The number of ether oxygens (including phenoxy) is 1. The van der Waals surface area contributed by atoms with E-state index in [4.69, 9.17) is 4.74 Å². The van der Waals surface area contributed by atoms with Crippen molar-refractivity contribution in [2.45, 2.75) is 33.2 Å². The Morgan fingerprint density at radius 2 is 1.70 bits per heavy atom. The number of amides is 2. The zero-order valence-corrected chi connectivity index (χ0v) is 16.2. The van der Waals surface area contributed by atoms with Gasteiger partial charge in [-0.3, -0.25) is 9.59 Å². The highest BCUT2D eigenvalue weighted by molar-refractivity contribution is 6.07. The van der Waals surface area contributed by atoms with Crippen molar-refractivity contribution < 1.29 is 14.3 Å². The van der Waals surface area contributed by atoms with Gasteiger partial charge in [0, 0.05) is 11.6 Å². The Balaban J connectivity index is 2.06. The van der Waals surface area contributed by atoms with Gasteiger partial charge < -0.3 is 15.4 Å². The van der Waals surface area contributed by atoms with Crippen molar-refractivity contribution >= 4 is 23.6 Å². The molecule has 0 unspecified atom stereocenters. The average molecular weight is 366 g/mol. The molecule has 0 bridgehead atoms. The van der Waals surface area contributed by atoms with E-state index in [1.54, 1.807) is 30.3 Å². The second kappa shape index (κ2) is 9.03. The van der Waals surface area contributed by atoms with Crippen molar-refractivity contribution in [3.63, 3.8) is 0 Å². The Kier molecular flexibility index (Phi) is 6.77. The van der Waals surface area contributed by atoms with Crippen LogP contribution in [0.15, 0.2) is 54.6 Å². The maximum Gasteiger partial charge on any atom is 0.253 e. The zero-order valence-electron chi connectivity index (χ0n) is 16.2. The van der Waals surface area contributed by atoms with Gasteiger partial charge in [-0.25, -0.2) is 0 Å². The molecule has 0 saturated heterocycles. The maximum absolute atomic E-state index is 12.4. The normalized spacial score (nSPS) is 11.3. The van der Waals surface area contributed by atoms with E-state index in [9.17, 15) is 9.59 Å². The summed E-state index contributed by atoms with van der Waals surface area (Å²) in [6.07, 6.45) is 3.15. The molecule has 0 saturated carbocycles. The molecular formula is C22H26N2O3. The molecule has 0 aliphatic rings. The highest BCUT2D eigenvalue weighted by Gasteiger charge is 2.18. The van der Waals surface area contributed by atoms with Crippen molar-refractivity contribution in [1.29, 1.82) is 0 Å². The molecule has 2 rings (SSSR count). The van der Waals surface area contributed by atoms with Crippen LogP contribution in [0.3, 0.4) is 0 Å². The summed E-state index contributed by atoms with van der Waals surface area (Å²) in [6.45, 7) is 8.26. The highest BCUT2D eigenvalue weighted by Crippen LogP contribution is 2.17. The van der Waals surface area contributed by atoms with Crippen LogP contribution >= 0.6 is 0 Å². The van der Waals surface area contributed by atoms with E-state index in [1.165, 1.54) is 6.08 Å². The molecule has 2 aromatic carbocycles. The third kappa shape index (κ3) is 6.62. The molecule has 0 aliphatic carbocycles. The van der Waals surface area contributed by atoms with Crippen molar-refractivity contribution in [2.24, 2.45) is 0 Å². The summed E-state index contributed by atoms with van der Waals surface area (Å²) in [5.74, 6) is 0.256. The number of para-hydroxylation sites is 1. The highest BCUT2D eigenvalue weighted by atomic mass is 16.5. The molecule has 2 aromatic rings. The molecule has 5 heteroatoms. The minimum absolute atomic E-state index is 0.228. The number of hydrogen-bond acceptors (Lipinski definition) is 3. The van der Waals surface area contributed by atoms with E-state index in [2.05, 4.69) is 10.6 Å². The largest absolute Gasteiger partial charge is 0.494 e. The van der Waals surface area contributed by atoms with Gasteiger partial charge in [0.25, 0.3) is 5.91 Å². The van der Waals surface area contributed by atoms with E-state index in [0.717, 1.165) is 11.3 Å². The Labute approximate surface area is 160 Å². The van der Waals surface area contributed by atoms with Crippen LogP contribution in [0.2, 0.25) is 0 Å². The summed E-state index contributed by atoms with van der Waals surface area (Å²) in [5, 5.41) is 5.67. The van der Waals surface area contributed by atoms with E-state index in [0.29, 0.717) is 17.9 Å². The molecule has 0 aromatic heterocycles. The fourth-order valence-electron chi connectivity index (χ4n) is 2.39. The molecule has 0 fully saturated rings. The van der Waals surface area contributed by atoms with Crippen LogP contribution in [0.25, 0.3) is 6.08 Å². The second-order valence-corrected chi connectivity index (χ2v) is 7.07. The van der Waals surface area contributed by atoms with Crippen LogP contribution in [-0.4, -0.2) is 24.0 Å². The van der Waals surface area contributed by atoms with E-state index >= 15 is 0 Å². The summed E-state index contributed by atoms with van der Waals surface area (Å²) < 4.78 is 5.39. The molecule has 142 valence electrons. The Morgan fingerprint density at radius 1 is 1.04 bits per heavy atom. The molecule has 5 nitrogen and oxygen atoms in total. The van der Waals surface area contributed by atoms with E-state index < -0.39 is 0 Å². The summed E-state index contributed by atoms with van der Waals surface area (Å²) in [7, 11) is 0. The molecule has 27 heavy (non-hydrogen) atoms. The van der Waals surface area contributed by atoms with Crippen LogP contribution in [0.4, 0.5) is 5.69 Å². The first-order valence-corrected chi connectivity index (χ1v) is 8.92. The molecule has 0 radical (unpaired) electrons. The molecule has 0 heterocycles. The molecule has 0 aliphatic heterocycles. The smallest absolute Gasteiger partial charge is 0.253 e. The summed E-state index contributed by atoms with van der Waals surface area (Å²) in [5.41, 5.74) is 1.42. The first kappa shape index (κ1) is 20.2. The summed E-state index contributed by atoms with van der Waals surface area (Å²) in [4.78, 5) is 24.7. The fourth-order valence-corrected chi connectivity index (χ4v) is 2.39. The number of benzene rings is 2. The number of hydrogen-bond donors (Lipinski definition) is 2. The van der Waals surface area contributed by atoms with Crippen LogP contribution in [0, 0.1) is 0 Å². The van der Waals surface area contributed by atoms with Crippen LogP contribution in [0.5, 0.6) is 5.75 Å². The monoisotopic (exact) mass is 366 g/mol. The maximum atomic E-state index is 12.4. The van der Waals surface area contributed by atoms with Gasteiger partial charge in [-0.05, 0) is 63.6 Å². The number of rotatable bonds is 6. The SMILES string of the molecule is CCOc1ccc(/C=C/C(=O)Nc2ccccc2C(=O)NC(C)(C)C)cc1. The van der Waals surface area contributed by atoms with E-state index in [1.807, 2.05) is 52.0 Å². The van der Waals surface area contributed by atoms with Gasteiger partial charge in [-0.1, -0.05) is 24.3 Å². The summed E-state index contributed by atoms with van der Waals surface area (Å²) in [6, 6.07) is 14.4. The quantitative estimate of drug-likeness (QED) is 0.751. The van der Waals surface area contributed by atoms with Gasteiger partial charge in [0.2, 0.25) is 5.91 Å². The number of carbonyl (C=O) groups is 2. The van der Waals surface area contributed by atoms with Crippen molar-refractivity contribution in [3.8, 4) is 5.75 Å². The number of carbonyl (C=O) groups excluding carboxylic acids is 2. The van der Waals surface area contributed by atoms with Gasteiger partial charge in [-0.2, -0.15) is 0 Å². The zero-order chi connectivity index (χ0) is 19.9. The van der Waals surface area contributed by atoms with Crippen molar-refractivity contribution in [2.75, 3.05) is 11.9 Å². The topological polar surface area (TPSA) is 67.4 Å². The second-order valence-electron chi connectivity index (χ2n) is 7.07. The average Bonchev–Trinajstić information content (AvgIpc) is 2.60. The third-order valence-corrected chi connectivity index (χ3v) is 3.54. The Bertz CT molecular complexity index is 818. The van der Waals surface area contributed by atoms with Crippen LogP contribution in [-0.2, 0) is 4.79 Å². The third-order valence-electron chi connectivity index (χ3n) is 3.54. The fraction of sp³-hybridized carbons (Fsp3) is 0.273. The lowest BCUT2D eigenvalue weighted by atomic mass is 10.1. The molecule has 0 atom stereocenters. The lowest BCUT2D eigenvalue weighted by Gasteiger charge is -2.21. The van der Waals surface area contributed by atoms with Crippen LogP contribution < -0.4 is 15.4 Å².